The van der Waals surface area contributed by atoms with Gasteiger partial charge in [-0.2, -0.15) is 15.0 Å². The number of aliphatic hydroxyl groups is 1. The fourth-order valence-electron chi connectivity index (χ4n) is 3.28. The Labute approximate surface area is 172 Å². The number of rotatable bonds is 7. The second-order valence-electron chi connectivity index (χ2n) is 6.62. The molecular weight excluding hydrogens is 410 g/mol. The van der Waals surface area contributed by atoms with Gasteiger partial charge < -0.3 is 10.4 Å². The molecule has 1 aliphatic rings. The molecule has 146 valence electrons. The highest BCUT2D eigenvalue weighted by Crippen LogP contribution is 2.35. The van der Waals surface area contributed by atoms with Crippen LogP contribution in [-0.2, 0) is 0 Å². The smallest absolute Gasteiger partial charge is 0.228 e. The molecule has 1 fully saturated rings. The van der Waals surface area contributed by atoms with Crippen LogP contribution in [0.4, 0.5) is 10.3 Å². The molecule has 0 radical (unpaired) electrons. The molecule has 0 bridgehead atoms. The zero-order valence-electron chi connectivity index (χ0n) is 14.8. The molecule has 1 saturated carbocycles. The van der Waals surface area contributed by atoms with Crippen LogP contribution in [0.2, 0.25) is 10.3 Å². The molecule has 1 heterocycles. The van der Waals surface area contributed by atoms with E-state index in [1.54, 1.807) is 6.07 Å². The first-order valence-corrected chi connectivity index (χ1v) is 10.5. The Morgan fingerprint density at radius 3 is 2.67 bits per heavy atom. The molecule has 0 aliphatic heterocycles. The number of halogens is 3. The molecule has 2 N–H and O–H groups in total. The molecule has 5 nitrogen and oxygen atoms in total. The van der Waals surface area contributed by atoms with Gasteiger partial charge in [-0.15, -0.1) is 0 Å². The number of nitrogens with zero attached hydrogens (tertiary/aromatic N) is 3. The third-order valence-electron chi connectivity index (χ3n) is 4.76. The summed E-state index contributed by atoms with van der Waals surface area (Å²) in [4.78, 5) is 12.7. The summed E-state index contributed by atoms with van der Waals surface area (Å²) in [6, 6.07) is 4.60. The average molecular weight is 431 g/mol. The van der Waals surface area contributed by atoms with Crippen LogP contribution in [0.1, 0.15) is 43.4 Å². The van der Waals surface area contributed by atoms with E-state index in [-0.39, 0.29) is 28.2 Å². The number of benzene rings is 1. The lowest BCUT2D eigenvalue weighted by molar-refractivity contribution is 0.238. The molecule has 0 saturated heterocycles. The highest BCUT2D eigenvalue weighted by atomic mass is 35.5. The molecule has 1 aromatic carbocycles. The van der Waals surface area contributed by atoms with Crippen LogP contribution in [0.25, 0.3) is 0 Å². The highest BCUT2D eigenvalue weighted by molar-refractivity contribution is 7.99. The van der Waals surface area contributed by atoms with Crippen LogP contribution < -0.4 is 5.32 Å². The second-order valence-corrected chi connectivity index (χ2v) is 8.68. The van der Waals surface area contributed by atoms with Crippen molar-refractivity contribution in [3.63, 3.8) is 0 Å². The van der Waals surface area contributed by atoms with E-state index < -0.39 is 5.82 Å². The van der Waals surface area contributed by atoms with Crippen molar-refractivity contribution in [1.29, 1.82) is 0 Å². The number of anilines is 1. The number of hydrogen-bond acceptors (Lipinski definition) is 6. The standard InChI is InChI=1S/C18H21Cl2FN4OS/c1-10(12-6-7-13(19)14(21)8-12)27-18-24-16(20)23-17(25-18)22-15(9-26)11-4-2-3-5-11/h6-8,10-11,15,26H,2-5,9H2,1H3,(H,22,23,24,25)/t10?,15-/m0/s1. The number of thioether (sulfide) groups is 1. The van der Waals surface area contributed by atoms with Gasteiger partial charge >= 0.3 is 0 Å². The Morgan fingerprint density at radius 1 is 1.26 bits per heavy atom. The van der Waals surface area contributed by atoms with Crippen LogP contribution in [0, 0.1) is 11.7 Å². The fourth-order valence-corrected chi connectivity index (χ4v) is 4.48. The number of aliphatic hydroxyl groups excluding tert-OH is 1. The van der Waals surface area contributed by atoms with Crippen molar-refractivity contribution in [2.24, 2.45) is 5.92 Å². The van der Waals surface area contributed by atoms with E-state index in [0.717, 1.165) is 18.4 Å². The zero-order valence-corrected chi connectivity index (χ0v) is 17.2. The van der Waals surface area contributed by atoms with E-state index in [1.807, 2.05) is 6.92 Å². The predicted molar refractivity (Wildman–Crippen MR) is 107 cm³/mol. The molecular formula is C18H21Cl2FN4OS. The van der Waals surface area contributed by atoms with E-state index in [9.17, 15) is 9.50 Å². The molecule has 2 aromatic rings. The summed E-state index contributed by atoms with van der Waals surface area (Å²) < 4.78 is 13.7. The topological polar surface area (TPSA) is 70.9 Å². The molecule has 1 aliphatic carbocycles. The van der Waals surface area contributed by atoms with Crippen molar-refractivity contribution < 1.29 is 9.50 Å². The molecule has 0 spiro atoms. The minimum Gasteiger partial charge on any atom is -0.394 e. The maximum atomic E-state index is 13.7. The number of nitrogens with one attached hydrogen (secondary N) is 1. The summed E-state index contributed by atoms with van der Waals surface area (Å²) in [5.74, 6) is 0.288. The number of hydrogen-bond donors (Lipinski definition) is 2. The predicted octanol–water partition coefficient (Wildman–Crippen LogP) is 5.13. The summed E-state index contributed by atoms with van der Waals surface area (Å²) in [6.45, 7) is 1.93. The average Bonchev–Trinajstić information content (AvgIpc) is 3.16. The van der Waals surface area contributed by atoms with Crippen LogP contribution >= 0.6 is 35.0 Å². The van der Waals surface area contributed by atoms with E-state index in [4.69, 9.17) is 23.2 Å². The SMILES string of the molecule is CC(Sc1nc(Cl)nc(N[C@@H](CO)C2CCCC2)n1)c1ccc(Cl)c(F)c1. The highest BCUT2D eigenvalue weighted by Gasteiger charge is 2.25. The molecule has 1 unspecified atom stereocenters. The van der Waals surface area contributed by atoms with Crippen LogP contribution in [-0.4, -0.2) is 32.7 Å². The van der Waals surface area contributed by atoms with Crippen molar-refractivity contribution in [2.45, 2.75) is 49.1 Å². The van der Waals surface area contributed by atoms with Gasteiger partial charge in [0.2, 0.25) is 11.2 Å². The van der Waals surface area contributed by atoms with Crippen LogP contribution in [0.15, 0.2) is 23.4 Å². The summed E-state index contributed by atoms with van der Waals surface area (Å²) in [7, 11) is 0. The maximum Gasteiger partial charge on any atom is 0.228 e. The zero-order chi connectivity index (χ0) is 19.4. The molecule has 2 atom stereocenters. The van der Waals surface area contributed by atoms with Gasteiger partial charge in [-0.1, -0.05) is 42.3 Å². The third kappa shape index (κ3) is 5.44. The summed E-state index contributed by atoms with van der Waals surface area (Å²) in [5, 5.41) is 13.4. The van der Waals surface area contributed by atoms with Gasteiger partial charge in [0, 0.05) is 5.25 Å². The largest absolute Gasteiger partial charge is 0.394 e. The molecule has 27 heavy (non-hydrogen) atoms. The third-order valence-corrected chi connectivity index (χ3v) is 6.26. The summed E-state index contributed by atoms with van der Waals surface area (Å²) >= 11 is 13.1. The first kappa shape index (κ1) is 20.6. The first-order valence-electron chi connectivity index (χ1n) is 8.87. The lowest BCUT2D eigenvalue weighted by atomic mass is 9.99. The van der Waals surface area contributed by atoms with Gasteiger partial charge in [0.15, 0.2) is 5.16 Å². The van der Waals surface area contributed by atoms with E-state index in [0.29, 0.717) is 17.0 Å². The van der Waals surface area contributed by atoms with Crippen molar-refractivity contribution in [2.75, 3.05) is 11.9 Å². The minimum atomic E-state index is -0.458. The Balaban J connectivity index is 1.73. The summed E-state index contributed by atoms with van der Waals surface area (Å²) in [6.07, 6.45) is 4.52. The van der Waals surface area contributed by atoms with Gasteiger partial charge in [0.05, 0.1) is 17.7 Å². The second kappa shape index (κ2) is 9.37. The van der Waals surface area contributed by atoms with Gasteiger partial charge in [-0.3, -0.25) is 0 Å². The molecule has 1 aromatic heterocycles. The molecule has 3 rings (SSSR count). The van der Waals surface area contributed by atoms with Crippen molar-refractivity contribution in [1.82, 2.24) is 15.0 Å². The Bertz CT molecular complexity index is 792. The quantitative estimate of drug-likeness (QED) is 0.592. The fraction of sp³-hybridized carbons (Fsp3) is 0.500. The Morgan fingerprint density at radius 2 is 2.00 bits per heavy atom. The monoisotopic (exact) mass is 430 g/mol. The van der Waals surface area contributed by atoms with Gasteiger partial charge in [0.25, 0.3) is 0 Å². The van der Waals surface area contributed by atoms with E-state index in [1.165, 1.54) is 36.7 Å². The van der Waals surface area contributed by atoms with Crippen LogP contribution in [0.3, 0.4) is 0 Å². The number of aromatic nitrogens is 3. The van der Waals surface area contributed by atoms with Crippen molar-refractivity contribution in [3.05, 3.63) is 39.9 Å². The Hall–Kier alpha value is -1.15. The van der Waals surface area contributed by atoms with Crippen molar-refractivity contribution >= 4 is 40.9 Å². The van der Waals surface area contributed by atoms with Gasteiger partial charge in [-0.05, 0) is 55.0 Å². The maximum absolute atomic E-state index is 13.7. The van der Waals surface area contributed by atoms with Crippen molar-refractivity contribution in [3.8, 4) is 0 Å². The molecule has 9 heteroatoms. The lowest BCUT2D eigenvalue weighted by Gasteiger charge is -2.22. The minimum absolute atomic E-state index is 0.0108. The van der Waals surface area contributed by atoms with E-state index in [2.05, 4.69) is 20.3 Å². The summed E-state index contributed by atoms with van der Waals surface area (Å²) in [5.41, 5.74) is 0.770. The normalized spacial score (nSPS) is 17.1. The van der Waals surface area contributed by atoms with Gasteiger partial charge in [0.1, 0.15) is 5.82 Å². The molecule has 0 amide bonds. The van der Waals surface area contributed by atoms with Gasteiger partial charge in [-0.25, -0.2) is 4.39 Å². The van der Waals surface area contributed by atoms with Crippen LogP contribution in [0.5, 0.6) is 0 Å². The first-order chi connectivity index (χ1) is 13.0. The van der Waals surface area contributed by atoms with E-state index >= 15 is 0 Å². The Kier molecular flexibility index (Phi) is 7.14. The lowest BCUT2D eigenvalue weighted by Crippen LogP contribution is -2.32.